The molecule has 2 rings (SSSR count). The van der Waals surface area contributed by atoms with Gasteiger partial charge in [0.2, 0.25) is 0 Å². The Morgan fingerprint density at radius 3 is 2.27 bits per heavy atom. The second-order valence-corrected chi connectivity index (χ2v) is 6.53. The molecule has 1 aliphatic heterocycles. The first-order chi connectivity index (χ1) is 10.7. The van der Waals surface area contributed by atoms with Crippen molar-refractivity contribution in [3.8, 4) is 0 Å². The van der Waals surface area contributed by atoms with Crippen molar-refractivity contribution in [3.05, 3.63) is 23.8 Å². The zero-order chi connectivity index (χ0) is 15.7. The van der Waals surface area contributed by atoms with Gasteiger partial charge in [0.05, 0.1) is 45.7 Å². The van der Waals surface area contributed by atoms with Gasteiger partial charge in [-0.15, -0.1) is 0 Å². The fourth-order valence-corrected chi connectivity index (χ4v) is 2.81. The molecule has 22 heavy (non-hydrogen) atoms. The Morgan fingerprint density at radius 1 is 0.909 bits per heavy atom. The minimum Gasteiger partial charge on any atom is -0.379 e. The van der Waals surface area contributed by atoms with E-state index in [9.17, 15) is 0 Å². The molecule has 0 aromatic carbocycles. The molecular weight excluding hydrogens is 280 g/mol. The van der Waals surface area contributed by atoms with Crippen LogP contribution in [0.15, 0.2) is 23.8 Å². The Hall–Kier alpha value is -0.680. The zero-order valence-electron chi connectivity index (χ0n) is 14.0. The summed E-state index contributed by atoms with van der Waals surface area (Å²) in [5, 5.41) is 0. The summed E-state index contributed by atoms with van der Waals surface area (Å²) in [6.45, 7) is 9.08. The smallest absolute Gasteiger partial charge is 0.0876 e. The van der Waals surface area contributed by atoms with Crippen LogP contribution >= 0.6 is 0 Å². The van der Waals surface area contributed by atoms with Crippen LogP contribution in [0, 0.1) is 5.41 Å². The quantitative estimate of drug-likeness (QED) is 0.689. The molecule has 0 saturated carbocycles. The lowest BCUT2D eigenvalue weighted by molar-refractivity contribution is -0.0335. The first kappa shape index (κ1) is 17.7. The Bertz CT molecular complexity index is 373. The van der Waals surface area contributed by atoms with Crippen molar-refractivity contribution in [1.82, 2.24) is 0 Å². The molecule has 0 aromatic heterocycles. The highest BCUT2D eigenvalue weighted by atomic mass is 16.6. The zero-order valence-corrected chi connectivity index (χ0v) is 14.0. The molecule has 1 unspecified atom stereocenters. The number of fused-ring (bicyclic) bond motifs is 1. The van der Waals surface area contributed by atoms with Crippen LogP contribution in [0.1, 0.15) is 33.1 Å². The Morgan fingerprint density at radius 2 is 1.55 bits per heavy atom. The van der Waals surface area contributed by atoms with Crippen LogP contribution in [-0.2, 0) is 18.9 Å². The van der Waals surface area contributed by atoms with Gasteiger partial charge >= 0.3 is 0 Å². The molecule has 0 N–H and O–H groups in total. The minimum absolute atomic E-state index is 0.162. The summed E-state index contributed by atoms with van der Waals surface area (Å²) >= 11 is 0. The lowest BCUT2D eigenvalue weighted by Gasteiger charge is -2.29. The maximum Gasteiger partial charge on any atom is 0.0876 e. The second kappa shape index (κ2) is 9.46. The molecule has 1 heterocycles. The van der Waals surface area contributed by atoms with Gasteiger partial charge in [0.15, 0.2) is 0 Å². The normalized spacial score (nSPS) is 30.1. The lowest BCUT2D eigenvalue weighted by Crippen LogP contribution is -2.30. The molecule has 4 heteroatoms. The maximum atomic E-state index is 6.10. The highest BCUT2D eigenvalue weighted by molar-refractivity contribution is 5.30. The average Bonchev–Trinajstić information content (AvgIpc) is 2.77. The van der Waals surface area contributed by atoms with Crippen LogP contribution in [0.4, 0.5) is 0 Å². The highest BCUT2D eigenvalue weighted by Gasteiger charge is 2.36. The van der Waals surface area contributed by atoms with Crippen LogP contribution in [0.5, 0.6) is 0 Å². The molecule has 0 bridgehead atoms. The van der Waals surface area contributed by atoms with Crippen molar-refractivity contribution in [2.24, 2.45) is 5.41 Å². The summed E-state index contributed by atoms with van der Waals surface area (Å²) < 4.78 is 22.6. The van der Waals surface area contributed by atoms with Crippen LogP contribution in [0.25, 0.3) is 0 Å². The van der Waals surface area contributed by atoms with Crippen LogP contribution in [0.3, 0.4) is 0 Å². The molecule has 2 aliphatic rings. The fraction of sp³-hybridized carbons (Fsp3) is 0.778. The van der Waals surface area contributed by atoms with Crippen molar-refractivity contribution in [3.63, 3.8) is 0 Å². The molecule has 0 amide bonds. The van der Waals surface area contributed by atoms with E-state index >= 15 is 0 Å². The van der Waals surface area contributed by atoms with E-state index in [0.29, 0.717) is 39.6 Å². The van der Waals surface area contributed by atoms with Gasteiger partial charge in [0, 0.05) is 6.61 Å². The largest absolute Gasteiger partial charge is 0.379 e. The summed E-state index contributed by atoms with van der Waals surface area (Å²) in [5.41, 5.74) is 1.47. The van der Waals surface area contributed by atoms with Gasteiger partial charge in [-0.3, -0.25) is 0 Å². The Balaban J connectivity index is 1.87. The predicted molar refractivity (Wildman–Crippen MR) is 87.1 cm³/mol. The summed E-state index contributed by atoms with van der Waals surface area (Å²) in [6.07, 6.45) is 10.1. The number of ether oxygens (including phenoxy) is 4. The minimum atomic E-state index is 0.162. The molecule has 126 valence electrons. The topological polar surface area (TPSA) is 36.9 Å². The van der Waals surface area contributed by atoms with E-state index in [1.54, 1.807) is 0 Å². The third kappa shape index (κ3) is 5.84. The van der Waals surface area contributed by atoms with Crippen LogP contribution < -0.4 is 0 Å². The van der Waals surface area contributed by atoms with E-state index in [2.05, 4.69) is 32.1 Å². The summed E-state index contributed by atoms with van der Waals surface area (Å²) in [4.78, 5) is 0. The van der Waals surface area contributed by atoms with E-state index in [1.165, 1.54) is 5.57 Å². The van der Waals surface area contributed by atoms with Crippen molar-refractivity contribution < 1.29 is 18.9 Å². The molecule has 0 radical (unpaired) electrons. The standard InChI is InChI=1S/C18H30O4/c1-18(2)8-7-16-6-4-3-5-9-19-10-11-20-12-13-21-14-15-22-17(16)18/h4,6-7,17H,3,5,8-15H2,1-2H3/b6-4+. The van der Waals surface area contributed by atoms with E-state index in [1.807, 2.05) is 0 Å². The molecule has 0 spiro atoms. The van der Waals surface area contributed by atoms with Gasteiger partial charge in [0.25, 0.3) is 0 Å². The fourth-order valence-electron chi connectivity index (χ4n) is 2.81. The maximum absolute atomic E-state index is 6.10. The van der Waals surface area contributed by atoms with Crippen molar-refractivity contribution in [2.75, 3.05) is 46.2 Å². The van der Waals surface area contributed by atoms with Crippen molar-refractivity contribution >= 4 is 0 Å². The Labute approximate surface area is 134 Å². The van der Waals surface area contributed by atoms with Gasteiger partial charge in [-0.05, 0) is 30.3 Å². The average molecular weight is 310 g/mol. The molecule has 0 aromatic rings. The molecule has 1 aliphatic carbocycles. The Kier molecular flexibility index (Phi) is 7.60. The van der Waals surface area contributed by atoms with Gasteiger partial charge in [-0.25, -0.2) is 0 Å². The van der Waals surface area contributed by atoms with Crippen LogP contribution in [-0.4, -0.2) is 52.4 Å². The molecule has 1 atom stereocenters. The lowest BCUT2D eigenvalue weighted by atomic mass is 9.86. The second-order valence-electron chi connectivity index (χ2n) is 6.53. The third-order valence-corrected chi connectivity index (χ3v) is 4.10. The van der Waals surface area contributed by atoms with E-state index in [-0.39, 0.29) is 11.5 Å². The number of hydrogen-bond acceptors (Lipinski definition) is 4. The number of allylic oxidation sites excluding steroid dienone is 2. The summed E-state index contributed by atoms with van der Waals surface area (Å²) in [6, 6.07) is 0. The van der Waals surface area contributed by atoms with Crippen molar-refractivity contribution in [1.29, 1.82) is 0 Å². The first-order valence-corrected chi connectivity index (χ1v) is 8.41. The molecular formula is C18H30O4. The van der Waals surface area contributed by atoms with E-state index in [0.717, 1.165) is 25.9 Å². The monoisotopic (exact) mass is 310 g/mol. The molecule has 0 fully saturated rings. The number of hydrogen-bond donors (Lipinski definition) is 0. The first-order valence-electron chi connectivity index (χ1n) is 8.41. The van der Waals surface area contributed by atoms with E-state index in [4.69, 9.17) is 18.9 Å². The van der Waals surface area contributed by atoms with Gasteiger partial charge in [-0.1, -0.05) is 32.1 Å². The van der Waals surface area contributed by atoms with Crippen LogP contribution in [0.2, 0.25) is 0 Å². The third-order valence-electron chi connectivity index (χ3n) is 4.10. The van der Waals surface area contributed by atoms with Gasteiger partial charge in [0.1, 0.15) is 0 Å². The highest BCUT2D eigenvalue weighted by Crippen LogP contribution is 2.39. The molecule has 0 saturated heterocycles. The van der Waals surface area contributed by atoms with Gasteiger partial charge < -0.3 is 18.9 Å². The summed E-state index contributed by atoms with van der Waals surface area (Å²) in [5.74, 6) is 0. The predicted octanol–water partition coefficient (Wildman–Crippen LogP) is 3.13. The van der Waals surface area contributed by atoms with Gasteiger partial charge in [-0.2, -0.15) is 0 Å². The number of rotatable bonds is 0. The molecule has 4 nitrogen and oxygen atoms in total. The SMILES string of the molecule is CC1(C)CC=C2/C=C/CCCOCCOCCOCCOC21. The summed E-state index contributed by atoms with van der Waals surface area (Å²) in [7, 11) is 0. The van der Waals surface area contributed by atoms with E-state index < -0.39 is 0 Å². The van der Waals surface area contributed by atoms with Crippen molar-refractivity contribution in [2.45, 2.75) is 39.2 Å².